The van der Waals surface area contributed by atoms with E-state index in [2.05, 4.69) is 5.10 Å². The van der Waals surface area contributed by atoms with Gasteiger partial charge in [0.05, 0.1) is 12.8 Å². The molecule has 1 aromatic rings. The number of aromatic hydroxyl groups is 2. The second-order valence-corrected chi connectivity index (χ2v) is 3.36. The third-order valence-corrected chi connectivity index (χ3v) is 2.04. The zero-order valence-electron chi connectivity index (χ0n) is 9.17. The van der Waals surface area contributed by atoms with Gasteiger partial charge in [0.15, 0.2) is 11.5 Å². The van der Waals surface area contributed by atoms with Gasteiger partial charge in [0, 0.05) is 5.56 Å². The Balaban J connectivity index is 2.74. The number of benzene rings is 1. The van der Waals surface area contributed by atoms with E-state index in [4.69, 9.17) is 15.9 Å². The van der Waals surface area contributed by atoms with Gasteiger partial charge in [-0.15, -0.1) is 0 Å². The first-order chi connectivity index (χ1) is 8.47. The lowest BCUT2D eigenvalue weighted by Crippen LogP contribution is -2.40. The highest BCUT2D eigenvalue weighted by Gasteiger charge is 2.12. The standard InChI is InChI=1S/C10H12FN3O4/c11-8-7(16)2-1-5(9(8)17)3-13-14-10(18)6(12)4-15/h1-3,6,15-17H,4,12H2,(H,14,18)/b13-3+. The van der Waals surface area contributed by atoms with Crippen molar-refractivity contribution in [3.05, 3.63) is 23.5 Å². The SMILES string of the molecule is NC(CO)C(=O)N/N=C/c1ccc(O)c(F)c1O. The highest BCUT2D eigenvalue weighted by molar-refractivity contribution is 5.86. The summed E-state index contributed by atoms with van der Waals surface area (Å²) in [5.74, 6) is -3.40. The van der Waals surface area contributed by atoms with Gasteiger partial charge in [-0.3, -0.25) is 4.79 Å². The summed E-state index contributed by atoms with van der Waals surface area (Å²) in [7, 11) is 0. The summed E-state index contributed by atoms with van der Waals surface area (Å²) in [4.78, 5) is 11.1. The Morgan fingerprint density at radius 3 is 2.83 bits per heavy atom. The lowest BCUT2D eigenvalue weighted by atomic mass is 10.2. The van der Waals surface area contributed by atoms with Crippen molar-refractivity contribution in [2.75, 3.05) is 6.61 Å². The molecule has 0 saturated carbocycles. The summed E-state index contributed by atoms with van der Waals surface area (Å²) in [6, 6.07) is 1.11. The van der Waals surface area contributed by atoms with Crippen LogP contribution in [0.2, 0.25) is 0 Å². The molecule has 7 nitrogen and oxygen atoms in total. The minimum atomic E-state index is -1.18. The van der Waals surface area contributed by atoms with E-state index >= 15 is 0 Å². The quantitative estimate of drug-likeness (QED) is 0.349. The summed E-state index contributed by atoms with van der Waals surface area (Å²) < 4.78 is 13.1. The third kappa shape index (κ3) is 3.15. The minimum Gasteiger partial charge on any atom is -0.505 e. The van der Waals surface area contributed by atoms with E-state index in [0.717, 1.165) is 12.3 Å². The molecule has 1 rings (SSSR count). The Morgan fingerprint density at radius 1 is 1.56 bits per heavy atom. The van der Waals surface area contributed by atoms with Crippen LogP contribution in [0.5, 0.6) is 11.5 Å². The molecule has 0 aromatic heterocycles. The van der Waals surface area contributed by atoms with Gasteiger partial charge in [0.2, 0.25) is 5.82 Å². The number of phenolic OH excluding ortho intramolecular Hbond substituents is 2. The Bertz CT molecular complexity index is 478. The van der Waals surface area contributed by atoms with Crippen LogP contribution in [0, 0.1) is 5.82 Å². The van der Waals surface area contributed by atoms with Crippen molar-refractivity contribution in [1.82, 2.24) is 5.43 Å². The molecule has 1 atom stereocenters. The molecule has 0 radical (unpaired) electrons. The van der Waals surface area contributed by atoms with Gasteiger partial charge < -0.3 is 21.1 Å². The number of carbonyl (C=O) groups is 1. The van der Waals surface area contributed by atoms with Crippen LogP contribution < -0.4 is 11.2 Å². The molecule has 0 aliphatic rings. The zero-order chi connectivity index (χ0) is 13.7. The van der Waals surface area contributed by atoms with E-state index in [9.17, 15) is 14.3 Å². The first kappa shape index (κ1) is 13.9. The predicted molar refractivity (Wildman–Crippen MR) is 60.5 cm³/mol. The molecule has 0 saturated heterocycles. The van der Waals surface area contributed by atoms with Crippen LogP contribution in [0.25, 0.3) is 0 Å². The minimum absolute atomic E-state index is 0.0387. The fraction of sp³-hybridized carbons (Fsp3) is 0.200. The van der Waals surface area contributed by atoms with Gasteiger partial charge in [-0.2, -0.15) is 9.49 Å². The lowest BCUT2D eigenvalue weighted by molar-refractivity contribution is -0.123. The number of nitrogens with zero attached hydrogens (tertiary/aromatic N) is 1. The summed E-state index contributed by atoms with van der Waals surface area (Å²) in [5.41, 5.74) is 7.15. The molecular weight excluding hydrogens is 245 g/mol. The van der Waals surface area contributed by atoms with Gasteiger partial charge in [-0.25, -0.2) is 5.43 Å². The zero-order valence-corrected chi connectivity index (χ0v) is 9.17. The Hall–Kier alpha value is -2.19. The number of halogens is 1. The molecule has 0 fully saturated rings. The average Bonchev–Trinajstić information content (AvgIpc) is 2.37. The largest absolute Gasteiger partial charge is 0.505 e. The van der Waals surface area contributed by atoms with Crippen molar-refractivity contribution in [2.45, 2.75) is 6.04 Å². The number of nitrogens with one attached hydrogen (secondary N) is 1. The maximum absolute atomic E-state index is 13.1. The van der Waals surface area contributed by atoms with E-state index < -0.39 is 35.9 Å². The number of aliphatic hydroxyl groups excluding tert-OH is 1. The summed E-state index contributed by atoms with van der Waals surface area (Å²) in [5, 5.41) is 30.2. The summed E-state index contributed by atoms with van der Waals surface area (Å²) >= 11 is 0. The molecule has 1 amide bonds. The van der Waals surface area contributed by atoms with Gasteiger partial charge in [-0.05, 0) is 12.1 Å². The monoisotopic (exact) mass is 257 g/mol. The molecule has 0 aliphatic heterocycles. The van der Waals surface area contributed by atoms with Crippen molar-refractivity contribution in [1.29, 1.82) is 0 Å². The van der Waals surface area contributed by atoms with Crippen LogP contribution in [0.3, 0.4) is 0 Å². The molecule has 0 heterocycles. The Morgan fingerprint density at radius 2 is 2.22 bits per heavy atom. The van der Waals surface area contributed by atoms with E-state index in [0.29, 0.717) is 0 Å². The van der Waals surface area contributed by atoms with E-state index in [1.54, 1.807) is 0 Å². The molecule has 6 N–H and O–H groups in total. The summed E-state index contributed by atoms with van der Waals surface area (Å²) in [6.07, 6.45) is 0.972. The number of rotatable bonds is 4. The number of phenols is 2. The molecule has 1 aromatic carbocycles. The van der Waals surface area contributed by atoms with Crippen LogP contribution in [-0.2, 0) is 4.79 Å². The maximum atomic E-state index is 13.1. The highest BCUT2D eigenvalue weighted by atomic mass is 19.1. The van der Waals surface area contributed by atoms with Gasteiger partial charge >= 0.3 is 0 Å². The Labute approximate surface area is 101 Å². The van der Waals surface area contributed by atoms with Crippen molar-refractivity contribution in [2.24, 2.45) is 10.8 Å². The van der Waals surface area contributed by atoms with Gasteiger partial charge in [0.1, 0.15) is 6.04 Å². The number of carbonyl (C=O) groups excluding carboxylic acids is 1. The van der Waals surface area contributed by atoms with E-state index in [-0.39, 0.29) is 5.56 Å². The van der Waals surface area contributed by atoms with Crippen LogP contribution in [-0.4, -0.2) is 40.1 Å². The maximum Gasteiger partial charge on any atom is 0.259 e. The van der Waals surface area contributed by atoms with Gasteiger partial charge in [-0.1, -0.05) is 0 Å². The molecule has 0 aliphatic carbocycles. The first-order valence-corrected chi connectivity index (χ1v) is 4.87. The molecule has 98 valence electrons. The molecule has 0 spiro atoms. The van der Waals surface area contributed by atoms with E-state index in [1.807, 2.05) is 5.43 Å². The van der Waals surface area contributed by atoms with Crippen LogP contribution in [0.15, 0.2) is 17.2 Å². The normalized spacial score (nSPS) is 12.6. The molecular formula is C10H12FN3O4. The Kier molecular flexibility index (Phi) is 4.58. The van der Waals surface area contributed by atoms with Crippen LogP contribution in [0.1, 0.15) is 5.56 Å². The molecule has 1 unspecified atom stereocenters. The predicted octanol–water partition coefficient (Wildman–Crippen LogP) is -0.993. The van der Waals surface area contributed by atoms with Gasteiger partial charge in [0.25, 0.3) is 5.91 Å². The van der Waals surface area contributed by atoms with Crippen molar-refractivity contribution in [3.63, 3.8) is 0 Å². The number of hydrogen-bond acceptors (Lipinski definition) is 6. The summed E-state index contributed by atoms with van der Waals surface area (Å²) in [6.45, 7) is -0.541. The van der Waals surface area contributed by atoms with Crippen LogP contribution >= 0.6 is 0 Å². The average molecular weight is 257 g/mol. The van der Waals surface area contributed by atoms with Crippen LogP contribution in [0.4, 0.5) is 4.39 Å². The number of aliphatic hydroxyl groups is 1. The highest BCUT2D eigenvalue weighted by Crippen LogP contribution is 2.27. The topological polar surface area (TPSA) is 128 Å². The fourth-order valence-electron chi connectivity index (χ4n) is 1.00. The number of hydrogen-bond donors (Lipinski definition) is 5. The van der Waals surface area contributed by atoms with Crippen molar-refractivity contribution in [3.8, 4) is 11.5 Å². The molecule has 18 heavy (non-hydrogen) atoms. The third-order valence-electron chi connectivity index (χ3n) is 2.04. The number of nitrogens with two attached hydrogens (primary N) is 1. The number of amides is 1. The van der Waals surface area contributed by atoms with E-state index in [1.165, 1.54) is 6.07 Å². The second-order valence-electron chi connectivity index (χ2n) is 3.36. The smallest absolute Gasteiger partial charge is 0.259 e. The van der Waals surface area contributed by atoms with Crippen molar-refractivity contribution < 1.29 is 24.5 Å². The van der Waals surface area contributed by atoms with Crippen molar-refractivity contribution >= 4 is 12.1 Å². The second kappa shape index (κ2) is 5.94. The first-order valence-electron chi connectivity index (χ1n) is 4.87. The molecule has 8 heteroatoms. The molecule has 0 bridgehead atoms. The number of hydrazone groups is 1. The lowest BCUT2D eigenvalue weighted by Gasteiger charge is -2.05. The fourth-order valence-corrected chi connectivity index (χ4v) is 1.00.